The van der Waals surface area contributed by atoms with Crippen LogP contribution in [0.1, 0.15) is 24.2 Å². The van der Waals surface area contributed by atoms with Gasteiger partial charge in [0, 0.05) is 24.2 Å². The third-order valence-electron chi connectivity index (χ3n) is 3.67. The molecule has 0 saturated heterocycles. The first-order valence-corrected chi connectivity index (χ1v) is 7.45. The molecule has 0 bridgehead atoms. The second-order valence-corrected chi connectivity index (χ2v) is 5.86. The summed E-state index contributed by atoms with van der Waals surface area (Å²) in [5.74, 6) is 1.92. The third kappa shape index (κ3) is 3.33. The molecule has 22 heavy (non-hydrogen) atoms. The van der Waals surface area contributed by atoms with E-state index in [9.17, 15) is 10.1 Å². The van der Waals surface area contributed by atoms with Crippen molar-refractivity contribution in [2.75, 3.05) is 5.32 Å². The van der Waals surface area contributed by atoms with E-state index in [1.54, 1.807) is 25.1 Å². The van der Waals surface area contributed by atoms with Crippen molar-refractivity contribution in [3.63, 3.8) is 0 Å². The number of nitrogens with zero attached hydrogens (tertiary/aromatic N) is 3. The zero-order chi connectivity index (χ0) is 15.7. The minimum atomic E-state index is -0.397. The first-order valence-electron chi connectivity index (χ1n) is 7.07. The van der Waals surface area contributed by atoms with Crippen LogP contribution in [-0.2, 0) is 6.42 Å². The molecule has 1 aliphatic rings. The van der Waals surface area contributed by atoms with E-state index >= 15 is 0 Å². The summed E-state index contributed by atoms with van der Waals surface area (Å²) in [4.78, 5) is 19.3. The van der Waals surface area contributed by atoms with Gasteiger partial charge in [0.1, 0.15) is 16.8 Å². The van der Waals surface area contributed by atoms with Crippen molar-refractivity contribution in [1.82, 2.24) is 9.97 Å². The number of rotatable bonds is 5. The Morgan fingerprint density at radius 1 is 1.41 bits per heavy atom. The molecule has 1 saturated carbocycles. The summed E-state index contributed by atoms with van der Waals surface area (Å²) in [6.07, 6.45) is 3.24. The molecule has 0 amide bonds. The highest BCUT2D eigenvalue weighted by Gasteiger charge is 2.23. The topological polar surface area (TPSA) is 81.0 Å². The van der Waals surface area contributed by atoms with Crippen LogP contribution in [0.25, 0.3) is 0 Å². The lowest BCUT2D eigenvalue weighted by molar-refractivity contribution is -0.385. The fourth-order valence-electron chi connectivity index (χ4n) is 2.29. The number of nitrogens with one attached hydrogen (secondary N) is 1. The third-order valence-corrected chi connectivity index (χ3v) is 3.87. The number of nitro groups is 1. The monoisotopic (exact) mass is 318 g/mol. The quantitative estimate of drug-likeness (QED) is 0.511. The molecule has 1 fully saturated rings. The first kappa shape index (κ1) is 14.7. The van der Waals surface area contributed by atoms with Crippen molar-refractivity contribution in [2.45, 2.75) is 26.2 Å². The molecular weight excluding hydrogens is 304 g/mol. The molecule has 0 unspecified atom stereocenters. The van der Waals surface area contributed by atoms with Crippen LogP contribution < -0.4 is 5.32 Å². The normalized spacial score (nSPS) is 13.9. The number of anilines is 2. The van der Waals surface area contributed by atoms with Crippen molar-refractivity contribution in [3.05, 3.63) is 50.9 Å². The fourth-order valence-corrected chi connectivity index (χ4v) is 2.50. The molecule has 1 aromatic heterocycles. The van der Waals surface area contributed by atoms with Crippen LogP contribution in [0.5, 0.6) is 0 Å². The van der Waals surface area contributed by atoms with E-state index < -0.39 is 4.92 Å². The van der Waals surface area contributed by atoms with E-state index in [0.29, 0.717) is 34.0 Å². The molecule has 2 aromatic rings. The number of aromatic nitrogens is 2. The standard InChI is InChI=1S/C15H15ClN4O2/c1-9-11(3-2-4-12(9)20(21)22)17-15-8-13(16)18-14(19-15)7-10-5-6-10/h2-4,8,10H,5-7H2,1H3,(H,17,18,19). The molecule has 1 heterocycles. The van der Waals surface area contributed by atoms with E-state index in [0.717, 1.165) is 6.42 Å². The van der Waals surface area contributed by atoms with Gasteiger partial charge in [-0.2, -0.15) is 0 Å². The van der Waals surface area contributed by atoms with Gasteiger partial charge in [0.15, 0.2) is 0 Å². The van der Waals surface area contributed by atoms with Crippen LogP contribution >= 0.6 is 11.6 Å². The summed E-state index contributed by atoms with van der Waals surface area (Å²) in [5, 5.41) is 14.5. The molecule has 1 aliphatic carbocycles. The van der Waals surface area contributed by atoms with Gasteiger partial charge in [-0.1, -0.05) is 17.7 Å². The smallest absolute Gasteiger partial charge is 0.274 e. The van der Waals surface area contributed by atoms with Crippen LogP contribution in [0.4, 0.5) is 17.2 Å². The van der Waals surface area contributed by atoms with E-state index in [1.165, 1.54) is 18.9 Å². The van der Waals surface area contributed by atoms with Crippen LogP contribution in [0.3, 0.4) is 0 Å². The summed E-state index contributed by atoms with van der Waals surface area (Å²) in [6.45, 7) is 1.70. The van der Waals surface area contributed by atoms with Crippen molar-refractivity contribution in [1.29, 1.82) is 0 Å². The van der Waals surface area contributed by atoms with Gasteiger partial charge in [0.05, 0.1) is 10.5 Å². The zero-order valence-electron chi connectivity index (χ0n) is 12.0. The highest BCUT2D eigenvalue weighted by atomic mass is 35.5. The molecule has 0 radical (unpaired) electrons. The van der Waals surface area contributed by atoms with Crippen LogP contribution in [-0.4, -0.2) is 14.9 Å². The van der Waals surface area contributed by atoms with E-state index in [1.807, 2.05) is 0 Å². The number of hydrogen-bond acceptors (Lipinski definition) is 5. The zero-order valence-corrected chi connectivity index (χ0v) is 12.8. The maximum absolute atomic E-state index is 11.0. The molecule has 1 aromatic carbocycles. The molecule has 0 atom stereocenters. The van der Waals surface area contributed by atoms with Gasteiger partial charge >= 0.3 is 0 Å². The number of benzene rings is 1. The lowest BCUT2D eigenvalue weighted by Crippen LogP contribution is -2.03. The second-order valence-electron chi connectivity index (χ2n) is 5.47. The summed E-state index contributed by atoms with van der Waals surface area (Å²) in [5.41, 5.74) is 1.27. The Kier molecular flexibility index (Phi) is 3.94. The minimum Gasteiger partial charge on any atom is -0.340 e. The lowest BCUT2D eigenvalue weighted by atomic mass is 10.1. The predicted molar refractivity (Wildman–Crippen MR) is 84.6 cm³/mol. The Morgan fingerprint density at radius 2 is 2.18 bits per heavy atom. The largest absolute Gasteiger partial charge is 0.340 e. The van der Waals surface area contributed by atoms with Crippen molar-refractivity contribution in [3.8, 4) is 0 Å². The van der Waals surface area contributed by atoms with Gasteiger partial charge in [-0.25, -0.2) is 9.97 Å². The average Bonchev–Trinajstić information content (AvgIpc) is 3.24. The highest BCUT2D eigenvalue weighted by Crippen LogP contribution is 2.33. The molecule has 0 spiro atoms. The van der Waals surface area contributed by atoms with E-state index in [2.05, 4.69) is 15.3 Å². The first-order chi connectivity index (χ1) is 10.5. The Labute approximate surface area is 132 Å². The van der Waals surface area contributed by atoms with E-state index in [4.69, 9.17) is 11.6 Å². The van der Waals surface area contributed by atoms with Crippen molar-refractivity contribution in [2.24, 2.45) is 5.92 Å². The van der Waals surface area contributed by atoms with Gasteiger partial charge in [0.25, 0.3) is 5.69 Å². The summed E-state index contributed by atoms with van der Waals surface area (Å²) in [6, 6.07) is 6.52. The molecule has 0 aliphatic heterocycles. The summed E-state index contributed by atoms with van der Waals surface area (Å²) < 4.78 is 0. The Morgan fingerprint density at radius 3 is 2.86 bits per heavy atom. The van der Waals surface area contributed by atoms with Crippen molar-refractivity contribution >= 4 is 28.8 Å². The van der Waals surface area contributed by atoms with Gasteiger partial charge in [-0.3, -0.25) is 10.1 Å². The maximum atomic E-state index is 11.0. The SMILES string of the molecule is Cc1c(Nc2cc(Cl)nc(CC3CC3)n2)cccc1[N+](=O)[O-]. The molecule has 1 N–H and O–H groups in total. The predicted octanol–water partition coefficient (Wildman–Crippen LogP) is 4.04. The molecule has 7 heteroatoms. The number of nitro benzene ring substituents is 1. The van der Waals surface area contributed by atoms with Gasteiger partial charge < -0.3 is 5.32 Å². The molecule has 114 valence electrons. The minimum absolute atomic E-state index is 0.0726. The van der Waals surface area contributed by atoms with Gasteiger partial charge in [0.2, 0.25) is 0 Å². The second kappa shape index (κ2) is 5.88. The maximum Gasteiger partial charge on any atom is 0.274 e. The lowest BCUT2D eigenvalue weighted by Gasteiger charge is -2.10. The van der Waals surface area contributed by atoms with E-state index in [-0.39, 0.29) is 5.69 Å². The Hall–Kier alpha value is -2.21. The van der Waals surface area contributed by atoms with Crippen molar-refractivity contribution < 1.29 is 4.92 Å². The average molecular weight is 319 g/mol. The molecular formula is C15H15ClN4O2. The number of hydrogen-bond donors (Lipinski definition) is 1. The molecule has 6 nitrogen and oxygen atoms in total. The summed E-state index contributed by atoms with van der Waals surface area (Å²) >= 11 is 6.04. The Bertz CT molecular complexity index is 731. The van der Waals surface area contributed by atoms with Crippen LogP contribution in [0.15, 0.2) is 24.3 Å². The van der Waals surface area contributed by atoms with Crippen LogP contribution in [0, 0.1) is 23.0 Å². The fraction of sp³-hybridized carbons (Fsp3) is 0.333. The highest BCUT2D eigenvalue weighted by molar-refractivity contribution is 6.29. The Balaban J connectivity index is 1.87. The van der Waals surface area contributed by atoms with Gasteiger partial charge in [-0.05, 0) is 31.7 Å². The van der Waals surface area contributed by atoms with Crippen LogP contribution in [0.2, 0.25) is 5.15 Å². The van der Waals surface area contributed by atoms with Gasteiger partial charge in [-0.15, -0.1) is 0 Å². The molecule has 3 rings (SSSR count). The summed E-state index contributed by atoms with van der Waals surface area (Å²) in [7, 11) is 0. The number of halogens is 1.